The highest BCUT2D eigenvalue weighted by Crippen LogP contribution is 2.20. The van der Waals surface area contributed by atoms with Crippen LogP contribution in [-0.4, -0.2) is 24.6 Å². The number of benzene rings is 1. The van der Waals surface area contributed by atoms with Crippen LogP contribution >= 0.6 is 11.3 Å². The highest BCUT2D eigenvalue weighted by Gasteiger charge is 2.15. The molecule has 0 aliphatic carbocycles. The first kappa shape index (κ1) is 18.4. The van der Waals surface area contributed by atoms with Crippen molar-refractivity contribution in [2.75, 3.05) is 13.7 Å². The molecule has 1 heterocycles. The van der Waals surface area contributed by atoms with E-state index in [9.17, 15) is 4.79 Å². The summed E-state index contributed by atoms with van der Waals surface area (Å²) in [6.07, 6.45) is 0.982. The van der Waals surface area contributed by atoms with Gasteiger partial charge in [0.15, 0.2) is 0 Å². The molecule has 0 fully saturated rings. The fourth-order valence-corrected chi connectivity index (χ4v) is 3.23. The molecule has 0 atom stereocenters. The number of ether oxygens (including phenoxy) is 2. The maximum Gasteiger partial charge on any atom is 0.263 e. The molecule has 130 valence electrons. The minimum atomic E-state index is -0.0990. The molecule has 0 aliphatic rings. The number of aromatic nitrogens is 1. The van der Waals surface area contributed by atoms with Gasteiger partial charge in [-0.3, -0.25) is 4.79 Å². The fourth-order valence-electron chi connectivity index (χ4n) is 2.28. The largest absolute Gasteiger partial charge is 0.494 e. The minimum Gasteiger partial charge on any atom is -0.494 e. The van der Waals surface area contributed by atoms with Crippen LogP contribution in [-0.2, 0) is 17.9 Å². The lowest BCUT2D eigenvalue weighted by molar-refractivity contribution is 0.0954. The quantitative estimate of drug-likeness (QED) is 0.791. The molecule has 0 bridgehead atoms. The van der Waals surface area contributed by atoms with Crippen LogP contribution in [0.2, 0.25) is 0 Å². The van der Waals surface area contributed by atoms with Gasteiger partial charge in [0.25, 0.3) is 5.91 Å². The molecule has 0 spiro atoms. The van der Waals surface area contributed by atoms with E-state index in [1.807, 2.05) is 32.0 Å². The molecule has 6 heteroatoms. The van der Waals surface area contributed by atoms with Gasteiger partial charge in [-0.2, -0.15) is 0 Å². The Hall–Kier alpha value is -1.92. The maximum atomic E-state index is 12.4. The molecule has 5 nitrogen and oxygen atoms in total. The number of hydrogen-bond donors (Lipinski definition) is 1. The Kier molecular flexibility index (Phi) is 6.75. The van der Waals surface area contributed by atoms with Crippen LogP contribution in [0.1, 0.15) is 44.8 Å². The van der Waals surface area contributed by atoms with Crippen molar-refractivity contribution in [3.63, 3.8) is 0 Å². The Morgan fingerprint density at radius 2 is 2.12 bits per heavy atom. The Morgan fingerprint density at radius 1 is 1.33 bits per heavy atom. The predicted octanol–water partition coefficient (Wildman–Crippen LogP) is 3.63. The van der Waals surface area contributed by atoms with Crippen LogP contribution in [0.3, 0.4) is 0 Å². The number of carbonyl (C=O) groups excluding carboxylic acids is 1. The molecule has 1 aromatic carbocycles. The molecular weight excluding hydrogens is 324 g/mol. The van der Waals surface area contributed by atoms with Crippen LogP contribution < -0.4 is 10.1 Å². The molecule has 2 aromatic rings. The van der Waals surface area contributed by atoms with Crippen molar-refractivity contribution in [1.82, 2.24) is 10.3 Å². The summed E-state index contributed by atoms with van der Waals surface area (Å²) in [5, 5.41) is 3.78. The topological polar surface area (TPSA) is 60.5 Å². The van der Waals surface area contributed by atoms with Crippen LogP contribution in [0.15, 0.2) is 18.2 Å². The van der Waals surface area contributed by atoms with Crippen LogP contribution in [0.4, 0.5) is 0 Å². The third kappa shape index (κ3) is 4.79. The zero-order valence-electron chi connectivity index (χ0n) is 14.6. The van der Waals surface area contributed by atoms with E-state index in [-0.39, 0.29) is 5.91 Å². The molecule has 0 unspecified atom stereocenters. The van der Waals surface area contributed by atoms with Crippen molar-refractivity contribution in [1.29, 1.82) is 0 Å². The molecule has 0 saturated heterocycles. The maximum absolute atomic E-state index is 12.4. The number of aryl methyl sites for hydroxylation is 2. The van der Waals surface area contributed by atoms with Gasteiger partial charge in [0, 0.05) is 13.7 Å². The highest BCUT2D eigenvalue weighted by molar-refractivity contribution is 7.13. The normalized spacial score (nSPS) is 10.7. The highest BCUT2D eigenvalue weighted by atomic mass is 32.1. The standard InChI is InChI=1S/C18H24N2O3S/c1-5-8-23-15-7-6-14(12(2)9-15)10-19-18(21)17-13(3)20-16(24-17)11-22-4/h6-7,9H,5,8,10-11H2,1-4H3,(H,19,21). The van der Waals surface area contributed by atoms with Gasteiger partial charge in [-0.05, 0) is 43.5 Å². The smallest absolute Gasteiger partial charge is 0.263 e. The number of amides is 1. The Labute approximate surface area is 147 Å². The van der Waals surface area contributed by atoms with Gasteiger partial charge in [0.2, 0.25) is 0 Å². The number of nitrogens with zero attached hydrogens (tertiary/aromatic N) is 1. The van der Waals surface area contributed by atoms with E-state index < -0.39 is 0 Å². The second-order valence-electron chi connectivity index (χ2n) is 5.57. The van der Waals surface area contributed by atoms with E-state index in [2.05, 4.69) is 17.2 Å². The van der Waals surface area contributed by atoms with Crippen LogP contribution in [0.5, 0.6) is 5.75 Å². The van der Waals surface area contributed by atoms with Gasteiger partial charge in [-0.25, -0.2) is 4.98 Å². The first-order chi connectivity index (χ1) is 11.5. The number of methoxy groups -OCH3 is 1. The van der Waals surface area contributed by atoms with Crippen molar-refractivity contribution in [3.05, 3.63) is 44.9 Å². The first-order valence-corrected chi connectivity index (χ1v) is 8.82. The molecule has 0 saturated carbocycles. The Balaban J connectivity index is 1.98. The third-order valence-corrected chi connectivity index (χ3v) is 4.67. The monoisotopic (exact) mass is 348 g/mol. The van der Waals surface area contributed by atoms with Crippen molar-refractivity contribution >= 4 is 17.2 Å². The Morgan fingerprint density at radius 3 is 2.79 bits per heavy atom. The average molecular weight is 348 g/mol. The first-order valence-electron chi connectivity index (χ1n) is 8.01. The molecule has 1 amide bonds. The van der Waals surface area contributed by atoms with E-state index >= 15 is 0 Å². The number of rotatable bonds is 8. The van der Waals surface area contributed by atoms with Gasteiger partial charge in [-0.15, -0.1) is 11.3 Å². The van der Waals surface area contributed by atoms with E-state index in [1.54, 1.807) is 7.11 Å². The van der Waals surface area contributed by atoms with Crippen molar-refractivity contribution < 1.29 is 14.3 Å². The van der Waals surface area contributed by atoms with Gasteiger partial charge < -0.3 is 14.8 Å². The second-order valence-corrected chi connectivity index (χ2v) is 6.66. The summed E-state index contributed by atoms with van der Waals surface area (Å²) >= 11 is 1.37. The zero-order valence-corrected chi connectivity index (χ0v) is 15.5. The predicted molar refractivity (Wildman–Crippen MR) is 95.7 cm³/mol. The summed E-state index contributed by atoms with van der Waals surface area (Å²) < 4.78 is 10.7. The molecule has 1 N–H and O–H groups in total. The van der Waals surface area contributed by atoms with Crippen molar-refractivity contribution in [2.24, 2.45) is 0 Å². The Bertz CT molecular complexity index is 698. The SMILES string of the molecule is CCCOc1ccc(CNC(=O)c2sc(COC)nc2C)c(C)c1. The minimum absolute atomic E-state index is 0.0990. The molecule has 2 rings (SSSR count). The van der Waals surface area contributed by atoms with E-state index in [0.29, 0.717) is 24.6 Å². The number of thiazole rings is 1. The summed E-state index contributed by atoms with van der Waals surface area (Å²) in [6, 6.07) is 5.95. The average Bonchev–Trinajstić information content (AvgIpc) is 2.92. The molecule has 0 radical (unpaired) electrons. The molecule has 1 aromatic heterocycles. The van der Waals surface area contributed by atoms with Gasteiger partial charge in [0.05, 0.1) is 18.9 Å². The van der Waals surface area contributed by atoms with E-state index in [0.717, 1.165) is 34.0 Å². The third-order valence-electron chi connectivity index (χ3n) is 3.54. The molecular formula is C18H24N2O3S. The number of carbonyl (C=O) groups is 1. The number of nitrogens with one attached hydrogen (secondary N) is 1. The fraction of sp³-hybridized carbons (Fsp3) is 0.444. The summed E-state index contributed by atoms with van der Waals surface area (Å²) in [6.45, 7) is 7.57. The molecule has 0 aliphatic heterocycles. The van der Waals surface area contributed by atoms with E-state index in [1.165, 1.54) is 11.3 Å². The number of hydrogen-bond acceptors (Lipinski definition) is 5. The van der Waals surface area contributed by atoms with Crippen molar-refractivity contribution in [2.45, 2.75) is 40.3 Å². The van der Waals surface area contributed by atoms with Gasteiger partial charge in [0.1, 0.15) is 15.6 Å². The van der Waals surface area contributed by atoms with Gasteiger partial charge >= 0.3 is 0 Å². The lowest BCUT2D eigenvalue weighted by Crippen LogP contribution is -2.23. The van der Waals surface area contributed by atoms with Crippen LogP contribution in [0.25, 0.3) is 0 Å². The van der Waals surface area contributed by atoms with Crippen LogP contribution in [0, 0.1) is 13.8 Å². The summed E-state index contributed by atoms with van der Waals surface area (Å²) in [5.41, 5.74) is 2.92. The van der Waals surface area contributed by atoms with Gasteiger partial charge in [-0.1, -0.05) is 13.0 Å². The summed E-state index contributed by atoms with van der Waals surface area (Å²) in [4.78, 5) is 17.4. The zero-order chi connectivity index (χ0) is 17.5. The second kappa shape index (κ2) is 8.80. The lowest BCUT2D eigenvalue weighted by Gasteiger charge is -2.10. The summed E-state index contributed by atoms with van der Waals surface area (Å²) in [5.74, 6) is 0.769. The summed E-state index contributed by atoms with van der Waals surface area (Å²) in [7, 11) is 1.62. The van der Waals surface area contributed by atoms with Crippen molar-refractivity contribution in [3.8, 4) is 5.75 Å². The van der Waals surface area contributed by atoms with E-state index in [4.69, 9.17) is 9.47 Å². The lowest BCUT2D eigenvalue weighted by atomic mass is 10.1. The molecule has 24 heavy (non-hydrogen) atoms.